The van der Waals surface area contributed by atoms with E-state index in [0.717, 1.165) is 29.7 Å². The first-order valence-electron chi connectivity index (χ1n) is 9.80. The third-order valence-corrected chi connectivity index (χ3v) is 5.69. The standard InChI is InChI=1S/C20H31N3O4S/c1-6-27-20(26)18-14-8-7-13(4)9-15(14)28-19(18)22-17(25)11-23(5)10-16(24)21-12(2)3/h12-13H,6-11H2,1-5H3,(H,21,24)(H,22,25)/t13-/m1/s1. The molecular weight excluding hydrogens is 378 g/mol. The quantitative estimate of drug-likeness (QED) is 0.644. The molecule has 0 bridgehead atoms. The lowest BCUT2D eigenvalue weighted by Gasteiger charge is -2.18. The normalized spacial score (nSPS) is 16.0. The van der Waals surface area contributed by atoms with Crippen molar-refractivity contribution in [1.29, 1.82) is 0 Å². The minimum Gasteiger partial charge on any atom is -0.462 e. The lowest BCUT2D eigenvalue weighted by Crippen LogP contribution is -2.41. The fourth-order valence-corrected chi connectivity index (χ4v) is 4.75. The van der Waals surface area contributed by atoms with Gasteiger partial charge in [-0.05, 0) is 58.6 Å². The summed E-state index contributed by atoms with van der Waals surface area (Å²) in [6.45, 7) is 8.24. The number of anilines is 1. The maximum Gasteiger partial charge on any atom is 0.341 e. The molecule has 0 radical (unpaired) electrons. The summed E-state index contributed by atoms with van der Waals surface area (Å²) >= 11 is 1.47. The molecule has 1 aromatic rings. The van der Waals surface area contributed by atoms with E-state index in [4.69, 9.17) is 4.74 Å². The molecule has 8 heteroatoms. The molecule has 0 unspecified atom stereocenters. The van der Waals surface area contributed by atoms with Crippen molar-refractivity contribution >= 4 is 34.1 Å². The molecule has 1 aromatic heterocycles. The molecule has 1 aliphatic rings. The minimum atomic E-state index is -0.380. The van der Waals surface area contributed by atoms with E-state index in [-0.39, 0.29) is 36.9 Å². The number of nitrogens with one attached hydrogen (secondary N) is 2. The summed E-state index contributed by atoms with van der Waals surface area (Å²) in [5.74, 6) is -0.194. The fraction of sp³-hybridized carbons (Fsp3) is 0.650. The van der Waals surface area contributed by atoms with Crippen molar-refractivity contribution in [1.82, 2.24) is 10.2 Å². The zero-order chi connectivity index (χ0) is 20.8. The average molecular weight is 410 g/mol. The Morgan fingerprint density at radius 2 is 1.93 bits per heavy atom. The van der Waals surface area contributed by atoms with Crippen LogP contribution in [-0.4, -0.2) is 55.5 Å². The number of carbonyl (C=O) groups excluding carboxylic acids is 3. The molecule has 2 amide bonds. The highest BCUT2D eigenvalue weighted by molar-refractivity contribution is 7.17. The third-order valence-electron chi connectivity index (χ3n) is 4.52. The predicted molar refractivity (Wildman–Crippen MR) is 111 cm³/mol. The topological polar surface area (TPSA) is 87.7 Å². The number of amides is 2. The van der Waals surface area contributed by atoms with Crippen LogP contribution >= 0.6 is 11.3 Å². The summed E-state index contributed by atoms with van der Waals surface area (Å²) in [7, 11) is 1.72. The first-order valence-corrected chi connectivity index (χ1v) is 10.6. The molecule has 1 heterocycles. The molecule has 2 N–H and O–H groups in total. The van der Waals surface area contributed by atoms with Gasteiger partial charge in [-0.1, -0.05) is 6.92 Å². The van der Waals surface area contributed by atoms with Gasteiger partial charge in [0.25, 0.3) is 0 Å². The lowest BCUT2D eigenvalue weighted by molar-refractivity contribution is -0.123. The van der Waals surface area contributed by atoms with Gasteiger partial charge in [0.05, 0.1) is 25.3 Å². The number of rotatable bonds is 8. The fourth-order valence-electron chi connectivity index (χ4n) is 3.34. The third kappa shape index (κ3) is 6.04. The number of likely N-dealkylation sites (N-methyl/N-ethyl adjacent to an activating group) is 1. The highest BCUT2D eigenvalue weighted by Gasteiger charge is 2.29. The van der Waals surface area contributed by atoms with Crippen LogP contribution in [0.3, 0.4) is 0 Å². The van der Waals surface area contributed by atoms with Crippen LogP contribution in [0.5, 0.6) is 0 Å². The van der Waals surface area contributed by atoms with Crippen LogP contribution < -0.4 is 10.6 Å². The maximum absolute atomic E-state index is 12.5. The Morgan fingerprint density at radius 3 is 2.57 bits per heavy atom. The second-order valence-corrected chi connectivity index (χ2v) is 8.82. The van der Waals surface area contributed by atoms with E-state index < -0.39 is 0 Å². The Balaban J connectivity index is 2.08. The van der Waals surface area contributed by atoms with E-state index in [0.29, 0.717) is 23.1 Å². The van der Waals surface area contributed by atoms with E-state index in [1.807, 2.05) is 13.8 Å². The van der Waals surface area contributed by atoms with E-state index in [1.165, 1.54) is 11.3 Å². The van der Waals surface area contributed by atoms with Gasteiger partial charge in [-0.3, -0.25) is 14.5 Å². The highest BCUT2D eigenvalue weighted by atomic mass is 32.1. The smallest absolute Gasteiger partial charge is 0.341 e. The van der Waals surface area contributed by atoms with Crippen molar-refractivity contribution in [3.8, 4) is 0 Å². The van der Waals surface area contributed by atoms with Crippen molar-refractivity contribution in [3.63, 3.8) is 0 Å². The Hall–Kier alpha value is -1.93. The summed E-state index contributed by atoms with van der Waals surface area (Å²) < 4.78 is 5.23. The second-order valence-electron chi connectivity index (χ2n) is 7.72. The van der Waals surface area contributed by atoms with Gasteiger partial charge >= 0.3 is 5.97 Å². The van der Waals surface area contributed by atoms with Crippen molar-refractivity contribution in [2.75, 3.05) is 32.1 Å². The SMILES string of the molecule is CCOC(=O)c1c(NC(=O)CN(C)CC(=O)NC(C)C)sc2c1CC[C@@H](C)C2. The summed E-state index contributed by atoms with van der Waals surface area (Å²) in [5.41, 5.74) is 1.52. The van der Waals surface area contributed by atoms with Gasteiger partial charge in [0.15, 0.2) is 0 Å². The number of nitrogens with zero attached hydrogens (tertiary/aromatic N) is 1. The van der Waals surface area contributed by atoms with Gasteiger partial charge in [-0.25, -0.2) is 4.79 Å². The van der Waals surface area contributed by atoms with E-state index in [1.54, 1.807) is 18.9 Å². The Morgan fingerprint density at radius 1 is 1.25 bits per heavy atom. The first-order chi connectivity index (χ1) is 13.2. The first kappa shape index (κ1) is 22.4. The van der Waals surface area contributed by atoms with E-state index in [9.17, 15) is 14.4 Å². The largest absolute Gasteiger partial charge is 0.462 e. The molecule has 0 saturated carbocycles. The van der Waals surface area contributed by atoms with E-state index >= 15 is 0 Å². The molecule has 1 aliphatic carbocycles. The van der Waals surface area contributed by atoms with Gasteiger partial charge in [0, 0.05) is 10.9 Å². The number of carbonyl (C=O) groups is 3. The zero-order valence-corrected chi connectivity index (χ0v) is 18.2. The number of ether oxygens (including phenoxy) is 1. The highest BCUT2D eigenvalue weighted by Crippen LogP contribution is 2.40. The monoisotopic (exact) mass is 409 g/mol. The molecule has 7 nitrogen and oxygen atoms in total. The second kappa shape index (κ2) is 10.0. The average Bonchev–Trinajstić information content (AvgIpc) is 2.90. The summed E-state index contributed by atoms with van der Waals surface area (Å²) in [6, 6.07) is 0.0571. The molecule has 0 spiro atoms. The maximum atomic E-state index is 12.5. The molecule has 0 aromatic carbocycles. The summed E-state index contributed by atoms with van der Waals surface area (Å²) in [5, 5.41) is 6.23. The molecule has 1 atom stereocenters. The molecule has 28 heavy (non-hydrogen) atoms. The van der Waals surface area contributed by atoms with Crippen LogP contribution in [0, 0.1) is 5.92 Å². The number of thiophene rings is 1. The zero-order valence-electron chi connectivity index (χ0n) is 17.4. The van der Waals surface area contributed by atoms with Crippen LogP contribution in [0.2, 0.25) is 0 Å². The minimum absolute atomic E-state index is 0.0571. The van der Waals surface area contributed by atoms with Gasteiger partial charge in [0.1, 0.15) is 5.00 Å². The Kier molecular flexibility index (Phi) is 8.00. The van der Waals surface area contributed by atoms with Crippen molar-refractivity contribution in [2.45, 2.75) is 53.0 Å². The van der Waals surface area contributed by atoms with Gasteiger partial charge in [-0.15, -0.1) is 11.3 Å². The molecule has 156 valence electrons. The van der Waals surface area contributed by atoms with Crippen LogP contribution in [0.15, 0.2) is 0 Å². The molecule has 0 saturated heterocycles. The molecular formula is C20H31N3O4S. The predicted octanol–water partition coefficient (Wildman–Crippen LogP) is 2.44. The van der Waals surface area contributed by atoms with Crippen molar-refractivity contribution in [3.05, 3.63) is 16.0 Å². The van der Waals surface area contributed by atoms with Crippen molar-refractivity contribution < 1.29 is 19.1 Å². The van der Waals surface area contributed by atoms with Gasteiger partial charge in [-0.2, -0.15) is 0 Å². The molecule has 2 rings (SSSR count). The number of hydrogen-bond acceptors (Lipinski definition) is 6. The number of fused-ring (bicyclic) bond motifs is 1. The number of esters is 1. The summed E-state index contributed by atoms with van der Waals surface area (Å²) in [4.78, 5) is 39.6. The van der Waals surface area contributed by atoms with Crippen LogP contribution in [0.25, 0.3) is 0 Å². The Bertz CT molecular complexity index is 729. The number of hydrogen-bond donors (Lipinski definition) is 2. The van der Waals surface area contributed by atoms with Crippen LogP contribution in [0.1, 0.15) is 54.9 Å². The van der Waals surface area contributed by atoms with Crippen LogP contribution in [0.4, 0.5) is 5.00 Å². The van der Waals surface area contributed by atoms with Gasteiger partial charge < -0.3 is 15.4 Å². The van der Waals surface area contributed by atoms with Gasteiger partial charge in [0.2, 0.25) is 11.8 Å². The van der Waals surface area contributed by atoms with E-state index in [2.05, 4.69) is 17.6 Å². The lowest BCUT2D eigenvalue weighted by atomic mass is 9.88. The summed E-state index contributed by atoms with van der Waals surface area (Å²) in [6.07, 6.45) is 2.76. The molecule has 0 aliphatic heterocycles. The van der Waals surface area contributed by atoms with Crippen molar-refractivity contribution in [2.24, 2.45) is 5.92 Å². The van der Waals surface area contributed by atoms with Crippen LogP contribution in [-0.2, 0) is 27.2 Å². The Labute approximate surface area is 170 Å². The molecule has 0 fully saturated rings.